The van der Waals surface area contributed by atoms with E-state index in [4.69, 9.17) is 17.2 Å². The van der Waals surface area contributed by atoms with Gasteiger partial charge in [0, 0.05) is 19.4 Å². The van der Waals surface area contributed by atoms with Gasteiger partial charge in [0.2, 0.25) is 23.6 Å². The molecule has 1 aromatic rings. The molecule has 9 N–H and O–H groups in total. The van der Waals surface area contributed by atoms with E-state index in [1.54, 1.807) is 6.92 Å². The van der Waals surface area contributed by atoms with E-state index >= 15 is 0 Å². The molecule has 1 unspecified atom stereocenters. The van der Waals surface area contributed by atoms with Gasteiger partial charge in [0.25, 0.3) is 0 Å². The lowest BCUT2D eigenvalue weighted by Crippen LogP contribution is -2.55. The molecular formula is C20H31N7O4. The van der Waals surface area contributed by atoms with Crippen molar-refractivity contribution in [2.45, 2.75) is 44.7 Å². The first-order valence-electron chi connectivity index (χ1n) is 9.98. The average Bonchev–Trinajstić information content (AvgIpc) is 2.73. The number of amides is 4. The molecule has 0 heterocycles. The number of nitrogens with zero attached hydrogens (tertiary/aromatic N) is 1. The number of guanidine groups is 1. The standard InChI is InChI=1S/C20H31N7O4/c1-2-17(29)26-14(9-6-10-24-20(22)23)19(31)27-15(18(30)25-12-16(21)28)11-13-7-4-3-5-8-13/h3-5,7-8,14-15H,2,6,9-12H2,1H3,(H2,21,28)(H,25,30)(H,26,29)(H,27,31)(H4,22,23,24)/t14-,15?/m0/s1. The zero-order valence-corrected chi connectivity index (χ0v) is 17.6. The monoisotopic (exact) mass is 433 g/mol. The van der Waals surface area contributed by atoms with Crippen LogP contribution in [0.25, 0.3) is 0 Å². The summed E-state index contributed by atoms with van der Waals surface area (Å²) in [4.78, 5) is 52.2. The maximum Gasteiger partial charge on any atom is 0.243 e. The van der Waals surface area contributed by atoms with Crippen LogP contribution in [0.2, 0.25) is 0 Å². The molecule has 1 aromatic carbocycles. The van der Waals surface area contributed by atoms with E-state index in [0.717, 1.165) is 5.56 Å². The van der Waals surface area contributed by atoms with E-state index in [-0.39, 0.29) is 37.7 Å². The van der Waals surface area contributed by atoms with Crippen molar-refractivity contribution in [1.29, 1.82) is 0 Å². The Balaban J connectivity index is 2.91. The van der Waals surface area contributed by atoms with Crippen LogP contribution in [0.4, 0.5) is 0 Å². The van der Waals surface area contributed by atoms with Crippen LogP contribution in [-0.4, -0.2) is 54.8 Å². The highest BCUT2D eigenvalue weighted by Crippen LogP contribution is 2.06. The number of benzene rings is 1. The number of hydrogen-bond acceptors (Lipinski definition) is 5. The van der Waals surface area contributed by atoms with E-state index in [0.29, 0.717) is 13.0 Å². The maximum atomic E-state index is 12.9. The number of nitrogens with one attached hydrogen (secondary N) is 3. The first kappa shape index (κ1) is 25.4. The fraction of sp³-hybridized carbons (Fsp3) is 0.450. The lowest BCUT2D eigenvalue weighted by molar-refractivity contribution is -0.132. The zero-order valence-electron chi connectivity index (χ0n) is 17.6. The van der Waals surface area contributed by atoms with Crippen LogP contribution in [0.5, 0.6) is 0 Å². The Morgan fingerprint density at radius 3 is 2.23 bits per heavy atom. The number of carbonyl (C=O) groups is 4. The van der Waals surface area contributed by atoms with E-state index in [2.05, 4.69) is 20.9 Å². The molecule has 4 amide bonds. The number of hydrogen-bond donors (Lipinski definition) is 6. The van der Waals surface area contributed by atoms with E-state index in [1.165, 1.54) is 0 Å². The van der Waals surface area contributed by atoms with Gasteiger partial charge in [-0.05, 0) is 18.4 Å². The lowest BCUT2D eigenvalue weighted by Gasteiger charge is -2.23. The van der Waals surface area contributed by atoms with Gasteiger partial charge in [-0.15, -0.1) is 0 Å². The maximum absolute atomic E-state index is 12.9. The van der Waals surface area contributed by atoms with Gasteiger partial charge in [-0.25, -0.2) is 0 Å². The third kappa shape index (κ3) is 10.6. The second-order valence-corrected chi connectivity index (χ2v) is 6.86. The molecule has 11 heteroatoms. The van der Waals surface area contributed by atoms with Gasteiger partial charge < -0.3 is 33.2 Å². The molecule has 0 fully saturated rings. The minimum atomic E-state index is -0.965. The summed E-state index contributed by atoms with van der Waals surface area (Å²) >= 11 is 0. The van der Waals surface area contributed by atoms with E-state index in [9.17, 15) is 19.2 Å². The first-order valence-corrected chi connectivity index (χ1v) is 9.98. The zero-order chi connectivity index (χ0) is 23.2. The van der Waals surface area contributed by atoms with Crippen molar-refractivity contribution in [3.05, 3.63) is 35.9 Å². The van der Waals surface area contributed by atoms with Gasteiger partial charge in [0.05, 0.1) is 6.54 Å². The molecule has 1 rings (SSSR count). The number of aliphatic imine (C=N–C) groups is 1. The molecule has 0 aliphatic carbocycles. The van der Waals surface area contributed by atoms with Crippen molar-refractivity contribution < 1.29 is 19.2 Å². The van der Waals surface area contributed by atoms with Crippen molar-refractivity contribution in [1.82, 2.24) is 16.0 Å². The summed E-state index contributed by atoms with van der Waals surface area (Å²) in [6.07, 6.45) is 1.11. The van der Waals surface area contributed by atoms with Crippen molar-refractivity contribution in [2.75, 3.05) is 13.1 Å². The molecule has 0 saturated carbocycles. The summed E-state index contributed by atoms with van der Waals surface area (Å²) in [5.74, 6) is -2.16. The largest absolute Gasteiger partial charge is 0.370 e. The lowest BCUT2D eigenvalue weighted by atomic mass is 10.0. The van der Waals surface area contributed by atoms with Crippen molar-refractivity contribution >= 4 is 29.6 Å². The highest BCUT2D eigenvalue weighted by Gasteiger charge is 2.26. The summed E-state index contributed by atoms with van der Waals surface area (Å²) in [6, 6.07) is 7.24. The number of rotatable bonds is 13. The normalized spacial score (nSPS) is 12.2. The Hall–Kier alpha value is -3.63. The summed E-state index contributed by atoms with van der Waals surface area (Å²) in [5, 5.41) is 7.71. The minimum Gasteiger partial charge on any atom is -0.370 e. The number of primary amides is 1. The fourth-order valence-corrected chi connectivity index (χ4v) is 2.70. The molecule has 11 nitrogen and oxygen atoms in total. The van der Waals surface area contributed by atoms with Crippen molar-refractivity contribution in [3.8, 4) is 0 Å². The second-order valence-electron chi connectivity index (χ2n) is 6.86. The molecule has 0 aromatic heterocycles. The quantitative estimate of drug-likeness (QED) is 0.121. The Labute approximate surface area is 181 Å². The molecule has 0 spiro atoms. The van der Waals surface area contributed by atoms with Crippen LogP contribution in [0.1, 0.15) is 31.7 Å². The molecule has 31 heavy (non-hydrogen) atoms. The van der Waals surface area contributed by atoms with Crippen LogP contribution in [0.15, 0.2) is 35.3 Å². The number of nitrogens with two attached hydrogens (primary N) is 3. The minimum absolute atomic E-state index is 0.0624. The Bertz CT molecular complexity index is 779. The van der Waals surface area contributed by atoms with Crippen LogP contribution in [0.3, 0.4) is 0 Å². The highest BCUT2D eigenvalue weighted by atomic mass is 16.2. The molecule has 170 valence electrons. The smallest absolute Gasteiger partial charge is 0.243 e. The summed E-state index contributed by atoms with van der Waals surface area (Å²) < 4.78 is 0. The third-order valence-electron chi connectivity index (χ3n) is 4.27. The second kappa shape index (κ2) is 13.6. The average molecular weight is 434 g/mol. The molecule has 0 radical (unpaired) electrons. The van der Waals surface area contributed by atoms with Crippen LogP contribution < -0.4 is 33.2 Å². The summed E-state index contributed by atoms with van der Waals surface area (Å²) in [7, 11) is 0. The molecule has 0 aliphatic rings. The molecule has 0 aliphatic heterocycles. The predicted molar refractivity (Wildman–Crippen MR) is 116 cm³/mol. The Kier molecular flexibility index (Phi) is 11.1. The van der Waals surface area contributed by atoms with Gasteiger partial charge in [-0.3, -0.25) is 24.2 Å². The van der Waals surface area contributed by atoms with Gasteiger partial charge in [-0.1, -0.05) is 37.3 Å². The van der Waals surface area contributed by atoms with Crippen LogP contribution in [0, 0.1) is 0 Å². The molecule has 0 bridgehead atoms. The molecular weight excluding hydrogens is 402 g/mol. The number of carbonyl (C=O) groups excluding carboxylic acids is 4. The van der Waals surface area contributed by atoms with Crippen molar-refractivity contribution in [3.63, 3.8) is 0 Å². The van der Waals surface area contributed by atoms with Crippen molar-refractivity contribution in [2.24, 2.45) is 22.2 Å². The Morgan fingerprint density at radius 1 is 0.968 bits per heavy atom. The first-order chi connectivity index (χ1) is 14.7. The predicted octanol–water partition coefficient (Wildman–Crippen LogP) is -1.74. The molecule has 2 atom stereocenters. The summed E-state index contributed by atoms with van der Waals surface area (Å²) in [6.45, 7) is 1.61. The van der Waals surface area contributed by atoms with Gasteiger partial charge in [-0.2, -0.15) is 0 Å². The van der Waals surface area contributed by atoms with Crippen LogP contribution >= 0.6 is 0 Å². The molecule has 0 saturated heterocycles. The van der Waals surface area contributed by atoms with Gasteiger partial charge >= 0.3 is 0 Å². The van der Waals surface area contributed by atoms with E-state index in [1.807, 2.05) is 30.3 Å². The summed E-state index contributed by atoms with van der Waals surface area (Å²) in [5.41, 5.74) is 16.5. The van der Waals surface area contributed by atoms with Gasteiger partial charge in [0.15, 0.2) is 5.96 Å². The highest BCUT2D eigenvalue weighted by molar-refractivity contribution is 5.93. The third-order valence-corrected chi connectivity index (χ3v) is 4.27. The van der Waals surface area contributed by atoms with E-state index < -0.39 is 29.8 Å². The van der Waals surface area contributed by atoms with Gasteiger partial charge in [0.1, 0.15) is 12.1 Å². The fourth-order valence-electron chi connectivity index (χ4n) is 2.70. The van der Waals surface area contributed by atoms with Crippen LogP contribution in [-0.2, 0) is 25.6 Å². The Morgan fingerprint density at radius 2 is 1.65 bits per heavy atom. The SMILES string of the molecule is CCC(=O)N[C@@H](CCCN=C(N)N)C(=O)NC(Cc1ccccc1)C(=O)NCC(N)=O. The topological polar surface area (TPSA) is 195 Å².